The highest BCUT2D eigenvalue weighted by atomic mass is 16.5. The lowest BCUT2D eigenvalue weighted by molar-refractivity contribution is 0.0659. The van der Waals surface area contributed by atoms with Crippen LogP contribution in [0.15, 0.2) is 35.5 Å². The molecule has 2 aromatic heterocycles. The van der Waals surface area contributed by atoms with Crippen molar-refractivity contribution in [2.24, 2.45) is 5.92 Å². The van der Waals surface area contributed by atoms with Gasteiger partial charge >= 0.3 is 0 Å². The number of carbonyl (C=O) groups excluding carboxylic acids is 1. The summed E-state index contributed by atoms with van der Waals surface area (Å²) in [6.07, 6.45) is 7.27. The van der Waals surface area contributed by atoms with Gasteiger partial charge in [-0.15, -0.1) is 0 Å². The molecule has 0 atom stereocenters. The van der Waals surface area contributed by atoms with E-state index in [0.29, 0.717) is 43.0 Å². The highest BCUT2D eigenvalue weighted by molar-refractivity contribution is 5.93. The molecule has 1 saturated carbocycles. The first-order chi connectivity index (χ1) is 12.7. The first-order valence-corrected chi connectivity index (χ1v) is 9.12. The van der Waals surface area contributed by atoms with Crippen molar-refractivity contribution in [1.82, 2.24) is 19.9 Å². The lowest BCUT2D eigenvalue weighted by atomic mass is 9.97. The summed E-state index contributed by atoms with van der Waals surface area (Å²) in [5, 5.41) is 0. The van der Waals surface area contributed by atoms with Crippen molar-refractivity contribution < 1.29 is 9.53 Å². The van der Waals surface area contributed by atoms with E-state index < -0.39 is 0 Å². The van der Waals surface area contributed by atoms with Gasteiger partial charge in [0.15, 0.2) is 0 Å². The summed E-state index contributed by atoms with van der Waals surface area (Å²) in [5.74, 6) is 1.61. The van der Waals surface area contributed by atoms with Gasteiger partial charge in [-0.25, -0.2) is 9.97 Å². The van der Waals surface area contributed by atoms with Crippen molar-refractivity contribution in [2.45, 2.75) is 31.6 Å². The average Bonchev–Trinajstić information content (AvgIpc) is 3.52. The van der Waals surface area contributed by atoms with Crippen LogP contribution in [0, 0.1) is 5.92 Å². The Balaban J connectivity index is 1.27. The Morgan fingerprint density at radius 2 is 2.00 bits per heavy atom. The Bertz CT molecular complexity index is 818. The Kier molecular flexibility index (Phi) is 4.69. The molecule has 0 spiro atoms. The predicted molar refractivity (Wildman–Crippen MR) is 95.2 cm³/mol. The predicted octanol–water partition coefficient (Wildman–Crippen LogP) is 1.97. The highest BCUT2D eigenvalue weighted by Crippen LogP contribution is 2.39. The van der Waals surface area contributed by atoms with E-state index in [1.807, 2.05) is 11.0 Å². The molecule has 1 aliphatic heterocycles. The number of H-pyrrole nitrogens is 1. The Labute approximate surface area is 151 Å². The third kappa shape index (κ3) is 3.92. The minimum Gasteiger partial charge on any atom is -0.477 e. The Morgan fingerprint density at radius 3 is 2.69 bits per heavy atom. The maximum absolute atomic E-state index is 12.5. The monoisotopic (exact) mass is 354 g/mol. The van der Waals surface area contributed by atoms with E-state index in [2.05, 4.69) is 15.0 Å². The quantitative estimate of drug-likeness (QED) is 0.887. The molecule has 0 aromatic carbocycles. The van der Waals surface area contributed by atoms with Crippen molar-refractivity contribution >= 4 is 5.91 Å². The molecule has 0 radical (unpaired) electrons. The fourth-order valence-corrected chi connectivity index (χ4v) is 3.27. The third-order valence-corrected chi connectivity index (χ3v) is 5.06. The molecular formula is C19H22N4O3. The van der Waals surface area contributed by atoms with Gasteiger partial charge in [0.2, 0.25) is 11.4 Å². The van der Waals surface area contributed by atoms with Gasteiger partial charge in [0.05, 0.1) is 17.9 Å². The van der Waals surface area contributed by atoms with Crippen LogP contribution in [0.5, 0.6) is 5.88 Å². The minimum absolute atomic E-state index is 0.0366. The molecule has 3 heterocycles. The number of nitrogens with one attached hydrogen (secondary N) is 1. The first-order valence-electron chi connectivity index (χ1n) is 9.12. The van der Waals surface area contributed by atoms with Crippen molar-refractivity contribution in [3.8, 4) is 5.88 Å². The van der Waals surface area contributed by atoms with E-state index in [-0.39, 0.29) is 11.5 Å². The molecule has 1 N–H and O–H groups in total. The first kappa shape index (κ1) is 16.8. The van der Waals surface area contributed by atoms with E-state index in [4.69, 9.17) is 4.74 Å². The zero-order valence-corrected chi connectivity index (χ0v) is 14.6. The third-order valence-electron chi connectivity index (χ3n) is 5.06. The molecule has 26 heavy (non-hydrogen) atoms. The summed E-state index contributed by atoms with van der Waals surface area (Å²) in [4.78, 5) is 36.5. The van der Waals surface area contributed by atoms with Crippen LogP contribution in [0.1, 0.15) is 47.7 Å². The molecule has 7 heteroatoms. The lowest BCUT2D eigenvalue weighted by Crippen LogP contribution is -2.39. The van der Waals surface area contributed by atoms with Crippen molar-refractivity contribution in [3.05, 3.63) is 52.3 Å². The van der Waals surface area contributed by atoms with Gasteiger partial charge in [-0.3, -0.25) is 9.59 Å². The SMILES string of the molecule is O=C(c1ccc(=O)[nH]c1)N1CCC(COc2cc(C3CC3)ncn2)CC1. The molecule has 1 saturated heterocycles. The maximum Gasteiger partial charge on any atom is 0.255 e. The number of pyridine rings is 1. The second-order valence-electron chi connectivity index (χ2n) is 7.04. The number of piperidine rings is 1. The van der Waals surface area contributed by atoms with Gasteiger partial charge in [0.25, 0.3) is 5.91 Å². The van der Waals surface area contributed by atoms with E-state index in [1.165, 1.54) is 25.1 Å². The highest BCUT2D eigenvalue weighted by Gasteiger charge is 2.26. The number of nitrogens with zero attached hydrogens (tertiary/aromatic N) is 3. The second kappa shape index (κ2) is 7.27. The van der Waals surface area contributed by atoms with Crippen LogP contribution in [0.25, 0.3) is 0 Å². The number of hydrogen-bond acceptors (Lipinski definition) is 5. The van der Waals surface area contributed by atoms with Crippen LogP contribution < -0.4 is 10.3 Å². The minimum atomic E-state index is -0.202. The van der Waals surface area contributed by atoms with Gasteiger partial charge in [0, 0.05) is 37.3 Å². The molecule has 0 bridgehead atoms. The topological polar surface area (TPSA) is 88.2 Å². The Hall–Kier alpha value is -2.70. The molecule has 4 rings (SSSR count). The van der Waals surface area contributed by atoms with Gasteiger partial charge in [0.1, 0.15) is 6.33 Å². The molecule has 2 fully saturated rings. The van der Waals surface area contributed by atoms with Crippen molar-refractivity contribution in [3.63, 3.8) is 0 Å². The van der Waals surface area contributed by atoms with Gasteiger partial charge in [-0.2, -0.15) is 0 Å². The van der Waals surface area contributed by atoms with Crippen LogP contribution in [-0.2, 0) is 0 Å². The zero-order chi connectivity index (χ0) is 17.9. The number of carbonyl (C=O) groups is 1. The molecule has 1 amide bonds. The number of aromatic nitrogens is 3. The average molecular weight is 354 g/mol. The number of ether oxygens (including phenoxy) is 1. The summed E-state index contributed by atoms with van der Waals surface area (Å²) in [6.45, 7) is 2.01. The normalized spacial score (nSPS) is 17.9. The number of amides is 1. The largest absolute Gasteiger partial charge is 0.477 e. The van der Waals surface area contributed by atoms with Crippen LogP contribution in [0.4, 0.5) is 0 Å². The van der Waals surface area contributed by atoms with Crippen LogP contribution in [0.2, 0.25) is 0 Å². The lowest BCUT2D eigenvalue weighted by Gasteiger charge is -2.31. The fourth-order valence-electron chi connectivity index (χ4n) is 3.27. The summed E-state index contributed by atoms with van der Waals surface area (Å²) < 4.78 is 5.86. The summed E-state index contributed by atoms with van der Waals surface area (Å²) >= 11 is 0. The van der Waals surface area contributed by atoms with Gasteiger partial charge in [-0.1, -0.05) is 0 Å². The van der Waals surface area contributed by atoms with E-state index in [0.717, 1.165) is 18.5 Å². The number of rotatable bonds is 5. The molecule has 0 unspecified atom stereocenters. The molecule has 7 nitrogen and oxygen atoms in total. The van der Waals surface area contributed by atoms with Crippen molar-refractivity contribution in [1.29, 1.82) is 0 Å². The van der Waals surface area contributed by atoms with E-state index in [1.54, 1.807) is 12.4 Å². The Morgan fingerprint density at radius 1 is 1.19 bits per heavy atom. The second-order valence-corrected chi connectivity index (χ2v) is 7.04. The molecule has 1 aliphatic carbocycles. The van der Waals surface area contributed by atoms with Gasteiger partial charge in [-0.05, 0) is 37.7 Å². The summed E-state index contributed by atoms with van der Waals surface area (Å²) in [7, 11) is 0. The van der Waals surface area contributed by atoms with E-state index >= 15 is 0 Å². The smallest absolute Gasteiger partial charge is 0.255 e. The van der Waals surface area contributed by atoms with E-state index in [9.17, 15) is 9.59 Å². The standard InChI is InChI=1S/C19H22N4O3/c24-17-4-3-15(10-20-17)19(25)23-7-5-13(6-8-23)11-26-18-9-16(14-1-2-14)21-12-22-18/h3-4,9-10,12-14H,1-2,5-8,11H2,(H,20,24). The zero-order valence-electron chi connectivity index (χ0n) is 14.6. The van der Waals surface area contributed by atoms with Crippen molar-refractivity contribution in [2.75, 3.05) is 19.7 Å². The number of hydrogen-bond donors (Lipinski definition) is 1. The molecule has 136 valence electrons. The molecular weight excluding hydrogens is 332 g/mol. The number of likely N-dealkylation sites (tertiary alicyclic amines) is 1. The van der Waals surface area contributed by atoms with Crippen LogP contribution >= 0.6 is 0 Å². The maximum atomic E-state index is 12.5. The molecule has 2 aliphatic rings. The summed E-state index contributed by atoms with van der Waals surface area (Å²) in [6, 6.07) is 4.90. The number of aromatic amines is 1. The summed E-state index contributed by atoms with van der Waals surface area (Å²) in [5.41, 5.74) is 1.40. The fraction of sp³-hybridized carbons (Fsp3) is 0.474. The van der Waals surface area contributed by atoms with Crippen LogP contribution in [-0.4, -0.2) is 45.5 Å². The van der Waals surface area contributed by atoms with Gasteiger partial charge < -0.3 is 14.6 Å². The molecule has 2 aromatic rings. The van der Waals surface area contributed by atoms with Crippen LogP contribution in [0.3, 0.4) is 0 Å².